The van der Waals surface area contributed by atoms with E-state index in [1.165, 1.54) is 24.0 Å². The quantitative estimate of drug-likeness (QED) is 0.836. The SMILES string of the molecule is Cc1ccccc1C(NC(=O)C(C)CN)C1CC1. The molecule has 2 atom stereocenters. The fourth-order valence-electron chi connectivity index (χ4n) is 2.22. The molecule has 0 spiro atoms. The van der Waals surface area contributed by atoms with E-state index < -0.39 is 0 Å². The van der Waals surface area contributed by atoms with Gasteiger partial charge in [-0.2, -0.15) is 0 Å². The van der Waals surface area contributed by atoms with Crippen molar-refractivity contribution in [1.82, 2.24) is 5.32 Å². The van der Waals surface area contributed by atoms with Crippen molar-refractivity contribution in [2.75, 3.05) is 6.54 Å². The van der Waals surface area contributed by atoms with Crippen molar-refractivity contribution < 1.29 is 4.79 Å². The van der Waals surface area contributed by atoms with Crippen LogP contribution < -0.4 is 11.1 Å². The van der Waals surface area contributed by atoms with Crippen LogP contribution in [0.15, 0.2) is 24.3 Å². The molecule has 0 heterocycles. The Labute approximate surface area is 109 Å². The minimum Gasteiger partial charge on any atom is -0.349 e. The molecular weight excluding hydrogens is 224 g/mol. The van der Waals surface area contributed by atoms with E-state index in [0.29, 0.717) is 12.5 Å². The Bertz CT molecular complexity index is 426. The number of benzene rings is 1. The van der Waals surface area contributed by atoms with Gasteiger partial charge in [0.2, 0.25) is 5.91 Å². The lowest BCUT2D eigenvalue weighted by Crippen LogP contribution is -2.37. The van der Waals surface area contributed by atoms with Crippen LogP contribution >= 0.6 is 0 Å². The summed E-state index contributed by atoms with van der Waals surface area (Å²) in [4.78, 5) is 12.0. The molecule has 0 saturated heterocycles. The summed E-state index contributed by atoms with van der Waals surface area (Å²) >= 11 is 0. The maximum absolute atomic E-state index is 12.0. The molecule has 98 valence electrons. The predicted octanol–water partition coefficient (Wildman–Crippen LogP) is 2.16. The molecular formula is C15H22N2O. The number of amides is 1. The van der Waals surface area contributed by atoms with Gasteiger partial charge in [-0.25, -0.2) is 0 Å². The van der Waals surface area contributed by atoms with E-state index in [2.05, 4.69) is 24.4 Å². The van der Waals surface area contributed by atoms with Crippen molar-refractivity contribution in [2.45, 2.75) is 32.7 Å². The smallest absolute Gasteiger partial charge is 0.224 e. The van der Waals surface area contributed by atoms with E-state index in [1.807, 2.05) is 19.1 Å². The lowest BCUT2D eigenvalue weighted by Gasteiger charge is -2.22. The number of rotatable bonds is 5. The number of nitrogens with two attached hydrogens (primary N) is 1. The molecule has 2 unspecified atom stereocenters. The summed E-state index contributed by atoms with van der Waals surface area (Å²) in [7, 11) is 0. The number of hydrogen-bond donors (Lipinski definition) is 2. The van der Waals surface area contributed by atoms with Crippen LogP contribution in [0.1, 0.15) is 36.9 Å². The molecule has 1 amide bonds. The van der Waals surface area contributed by atoms with Crippen molar-refractivity contribution in [1.29, 1.82) is 0 Å². The van der Waals surface area contributed by atoms with Gasteiger partial charge in [-0.1, -0.05) is 31.2 Å². The molecule has 2 rings (SSSR count). The highest BCUT2D eigenvalue weighted by Crippen LogP contribution is 2.41. The molecule has 3 N–H and O–H groups in total. The number of aryl methyl sites for hydroxylation is 1. The van der Waals surface area contributed by atoms with Gasteiger partial charge in [0.1, 0.15) is 0 Å². The van der Waals surface area contributed by atoms with E-state index in [0.717, 1.165) is 0 Å². The first-order chi connectivity index (χ1) is 8.63. The third kappa shape index (κ3) is 2.91. The third-order valence-electron chi connectivity index (χ3n) is 3.72. The minimum atomic E-state index is -0.115. The normalized spacial score (nSPS) is 18.2. The summed E-state index contributed by atoms with van der Waals surface area (Å²) in [6.07, 6.45) is 2.41. The van der Waals surface area contributed by atoms with Gasteiger partial charge in [0.25, 0.3) is 0 Å². The summed E-state index contributed by atoms with van der Waals surface area (Å²) in [6, 6.07) is 8.45. The molecule has 1 fully saturated rings. The third-order valence-corrected chi connectivity index (χ3v) is 3.72. The van der Waals surface area contributed by atoms with Crippen molar-refractivity contribution >= 4 is 5.91 Å². The molecule has 0 aliphatic heterocycles. The first-order valence-electron chi connectivity index (χ1n) is 6.69. The van der Waals surface area contributed by atoms with E-state index in [1.54, 1.807) is 0 Å². The number of carbonyl (C=O) groups excluding carboxylic acids is 1. The van der Waals surface area contributed by atoms with Gasteiger partial charge in [0.05, 0.1) is 6.04 Å². The second-order valence-corrected chi connectivity index (χ2v) is 5.32. The summed E-state index contributed by atoms with van der Waals surface area (Å²) in [6.45, 7) is 4.37. The molecule has 1 aliphatic rings. The summed E-state index contributed by atoms with van der Waals surface area (Å²) in [5, 5.41) is 3.17. The number of carbonyl (C=O) groups is 1. The first-order valence-corrected chi connectivity index (χ1v) is 6.69. The Morgan fingerprint density at radius 2 is 2.11 bits per heavy atom. The van der Waals surface area contributed by atoms with Gasteiger partial charge in [0.15, 0.2) is 0 Å². The number of hydrogen-bond acceptors (Lipinski definition) is 2. The van der Waals surface area contributed by atoms with Crippen molar-refractivity contribution in [3.8, 4) is 0 Å². The molecule has 0 bridgehead atoms. The molecule has 3 heteroatoms. The van der Waals surface area contributed by atoms with Crippen LogP contribution in [0, 0.1) is 18.8 Å². The minimum absolute atomic E-state index is 0.0673. The highest BCUT2D eigenvalue weighted by Gasteiger charge is 2.34. The first kappa shape index (κ1) is 13.1. The molecule has 18 heavy (non-hydrogen) atoms. The highest BCUT2D eigenvalue weighted by molar-refractivity contribution is 5.79. The van der Waals surface area contributed by atoms with Crippen LogP contribution in [0.5, 0.6) is 0 Å². The van der Waals surface area contributed by atoms with Crippen LogP contribution in [0.2, 0.25) is 0 Å². The second kappa shape index (κ2) is 5.53. The molecule has 3 nitrogen and oxygen atoms in total. The molecule has 1 aliphatic carbocycles. The van der Waals surface area contributed by atoms with Crippen LogP contribution in [0.3, 0.4) is 0 Å². The van der Waals surface area contributed by atoms with Crippen LogP contribution in [-0.4, -0.2) is 12.5 Å². The zero-order valence-corrected chi connectivity index (χ0v) is 11.1. The Morgan fingerprint density at radius 3 is 2.67 bits per heavy atom. The van der Waals surface area contributed by atoms with E-state index in [9.17, 15) is 4.79 Å². The van der Waals surface area contributed by atoms with Crippen LogP contribution in [0.25, 0.3) is 0 Å². The largest absolute Gasteiger partial charge is 0.349 e. The molecule has 1 aromatic rings. The Balaban J connectivity index is 2.14. The van der Waals surface area contributed by atoms with E-state index >= 15 is 0 Å². The van der Waals surface area contributed by atoms with Gasteiger partial charge >= 0.3 is 0 Å². The fourth-order valence-corrected chi connectivity index (χ4v) is 2.22. The number of nitrogens with one attached hydrogen (secondary N) is 1. The van der Waals surface area contributed by atoms with E-state index in [4.69, 9.17) is 5.73 Å². The van der Waals surface area contributed by atoms with Gasteiger partial charge in [-0.3, -0.25) is 4.79 Å². The lowest BCUT2D eigenvalue weighted by molar-refractivity contribution is -0.125. The standard InChI is InChI=1S/C15H22N2O/c1-10-5-3-4-6-13(10)14(12-7-8-12)17-15(18)11(2)9-16/h3-6,11-12,14H,7-9,16H2,1-2H3,(H,17,18). The Morgan fingerprint density at radius 1 is 1.44 bits per heavy atom. The monoisotopic (exact) mass is 246 g/mol. The Hall–Kier alpha value is -1.35. The molecule has 0 aromatic heterocycles. The maximum Gasteiger partial charge on any atom is 0.224 e. The average Bonchev–Trinajstić information content (AvgIpc) is 3.20. The summed E-state index contributed by atoms with van der Waals surface area (Å²) < 4.78 is 0. The second-order valence-electron chi connectivity index (χ2n) is 5.32. The highest BCUT2D eigenvalue weighted by atomic mass is 16.1. The van der Waals surface area contributed by atoms with Gasteiger partial charge in [-0.05, 0) is 36.8 Å². The predicted molar refractivity (Wildman–Crippen MR) is 73.0 cm³/mol. The summed E-state index contributed by atoms with van der Waals surface area (Å²) in [5.74, 6) is 0.549. The molecule has 1 aromatic carbocycles. The van der Waals surface area contributed by atoms with Crippen molar-refractivity contribution in [2.24, 2.45) is 17.6 Å². The maximum atomic E-state index is 12.0. The fraction of sp³-hybridized carbons (Fsp3) is 0.533. The van der Waals surface area contributed by atoms with Crippen molar-refractivity contribution in [3.05, 3.63) is 35.4 Å². The zero-order chi connectivity index (χ0) is 13.1. The van der Waals surface area contributed by atoms with Crippen LogP contribution in [-0.2, 0) is 4.79 Å². The van der Waals surface area contributed by atoms with Gasteiger partial charge in [0, 0.05) is 12.5 Å². The topological polar surface area (TPSA) is 55.1 Å². The molecule has 1 saturated carbocycles. The van der Waals surface area contributed by atoms with Gasteiger partial charge in [-0.15, -0.1) is 0 Å². The zero-order valence-electron chi connectivity index (χ0n) is 11.1. The summed E-state index contributed by atoms with van der Waals surface area (Å²) in [5.41, 5.74) is 8.04. The van der Waals surface area contributed by atoms with Crippen LogP contribution in [0.4, 0.5) is 0 Å². The lowest BCUT2D eigenvalue weighted by atomic mass is 9.97. The van der Waals surface area contributed by atoms with E-state index in [-0.39, 0.29) is 17.9 Å². The molecule has 0 radical (unpaired) electrons. The average molecular weight is 246 g/mol. The van der Waals surface area contributed by atoms with Crippen molar-refractivity contribution in [3.63, 3.8) is 0 Å². The Kier molecular flexibility index (Phi) is 4.02. The van der Waals surface area contributed by atoms with Gasteiger partial charge < -0.3 is 11.1 Å².